The Morgan fingerprint density at radius 1 is 1.00 bits per heavy atom. The average molecular weight is 461 g/mol. The molecule has 4 aromatic rings. The summed E-state index contributed by atoms with van der Waals surface area (Å²) in [7, 11) is 1.92. The van der Waals surface area contributed by atoms with Gasteiger partial charge in [-0.15, -0.1) is 11.3 Å². The number of nitrogens with zero attached hydrogens (tertiary/aromatic N) is 4. The second-order valence-electron chi connectivity index (χ2n) is 9.74. The van der Waals surface area contributed by atoms with Crippen molar-refractivity contribution in [2.24, 2.45) is 0 Å². The van der Waals surface area contributed by atoms with Crippen molar-refractivity contribution in [2.75, 3.05) is 43.4 Å². The van der Waals surface area contributed by atoms with Gasteiger partial charge in [0.05, 0.1) is 22.4 Å². The van der Waals surface area contributed by atoms with Gasteiger partial charge in [0.2, 0.25) is 0 Å². The van der Waals surface area contributed by atoms with Crippen LogP contribution in [-0.2, 0) is 12.0 Å². The summed E-state index contributed by atoms with van der Waals surface area (Å²) in [5.41, 5.74) is 7.14. The highest BCUT2D eigenvalue weighted by Gasteiger charge is 2.21. The second kappa shape index (κ2) is 8.80. The van der Waals surface area contributed by atoms with Crippen LogP contribution in [0.1, 0.15) is 32.0 Å². The van der Waals surface area contributed by atoms with Crippen molar-refractivity contribution in [2.45, 2.75) is 32.7 Å². The molecule has 6 nitrogen and oxygen atoms in total. The van der Waals surface area contributed by atoms with Crippen molar-refractivity contribution in [1.29, 1.82) is 0 Å². The summed E-state index contributed by atoms with van der Waals surface area (Å²) in [4.78, 5) is 18.1. The molecule has 0 bridgehead atoms. The SMILES string of the molecule is CNc1nc(CN2CCN(c3cccc4nc(-c5ccc(C(C)(C)C)cc5)[nH]c34)CC2)cs1. The Labute approximate surface area is 199 Å². The molecule has 1 aliphatic heterocycles. The number of aromatic nitrogens is 3. The molecule has 0 saturated carbocycles. The molecule has 1 fully saturated rings. The third kappa shape index (κ3) is 4.61. The first-order valence-electron chi connectivity index (χ1n) is 11.6. The fraction of sp³-hybridized carbons (Fsp3) is 0.385. The topological polar surface area (TPSA) is 60.1 Å². The highest BCUT2D eigenvalue weighted by Crippen LogP contribution is 2.30. The number of imidazole rings is 1. The van der Waals surface area contributed by atoms with Gasteiger partial charge in [-0.3, -0.25) is 4.90 Å². The lowest BCUT2D eigenvalue weighted by Crippen LogP contribution is -2.46. The zero-order valence-corrected chi connectivity index (χ0v) is 20.7. The maximum absolute atomic E-state index is 4.91. The fourth-order valence-corrected chi connectivity index (χ4v) is 5.08. The molecule has 0 radical (unpaired) electrons. The van der Waals surface area contributed by atoms with Gasteiger partial charge in [-0.05, 0) is 23.1 Å². The average Bonchev–Trinajstić information content (AvgIpc) is 3.46. The first-order chi connectivity index (χ1) is 15.9. The molecule has 2 N–H and O–H groups in total. The van der Waals surface area contributed by atoms with Crippen molar-refractivity contribution in [1.82, 2.24) is 19.9 Å². The number of H-pyrrole nitrogens is 1. The minimum atomic E-state index is 0.149. The van der Waals surface area contributed by atoms with Crippen LogP contribution in [0.2, 0.25) is 0 Å². The Kier molecular flexibility index (Phi) is 5.85. The van der Waals surface area contributed by atoms with Gasteiger partial charge in [-0.1, -0.05) is 51.1 Å². The summed E-state index contributed by atoms with van der Waals surface area (Å²) < 4.78 is 0. The standard InChI is InChI=1S/C26H32N6S/c1-26(2,3)19-10-8-18(9-11-19)24-29-21-6-5-7-22(23(21)30-24)32-14-12-31(13-15-32)16-20-17-33-25(27-4)28-20/h5-11,17H,12-16H2,1-4H3,(H,27,28)(H,29,30). The Balaban J connectivity index is 1.32. The van der Waals surface area contributed by atoms with Gasteiger partial charge in [-0.25, -0.2) is 9.97 Å². The lowest BCUT2D eigenvalue weighted by atomic mass is 9.87. The van der Waals surface area contributed by atoms with Crippen molar-refractivity contribution in [3.8, 4) is 11.4 Å². The molecule has 0 aliphatic carbocycles. The van der Waals surface area contributed by atoms with E-state index in [0.717, 1.165) is 66.0 Å². The molecule has 0 spiro atoms. The highest BCUT2D eigenvalue weighted by atomic mass is 32.1. The molecule has 2 aromatic carbocycles. The summed E-state index contributed by atoms with van der Waals surface area (Å²) in [6, 6.07) is 15.2. The van der Waals surface area contributed by atoms with Gasteiger partial charge in [0.15, 0.2) is 5.13 Å². The maximum Gasteiger partial charge on any atom is 0.182 e. The van der Waals surface area contributed by atoms with Gasteiger partial charge < -0.3 is 15.2 Å². The Hall–Kier alpha value is -2.90. The van der Waals surface area contributed by atoms with Crippen molar-refractivity contribution < 1.29 is 0 Å². The molecular formula is C26H32N6S. The number of aromatic amines is 1. The van der Waals surface area contributed by atoms with Crippen molar-refractivity contribution in [3.05, 3.63) is 59.1 Å². The first-order valence-corrected chi connectivity index (χ1v) is 12.5. The molecule has 1 saturated heterocycles. The van der Waals surface area contributed by atoms with E-state index < -0.39 is 0 Å². The number of anilines is 2. The molecule has 7 heteroatoms. The number of fused-ring (bicyclic) bond motifs is 1. The Morgan fingerprint density at radius 2 is 1.76 bits per heavy atom. The number of benzene rings is 2. The van der Waals surface area contributed by atoms with Gasteiger partial charge in [-0.2, -0.15) is 0 Å². The van der Waals surface area contributed by atoms with Crippen LogP contribution in [0.25, 0.3) is 22.4 Å². The number of rotatable bonds is 5. The number of thiazole rings is 1. The van der Waals surface area contributed by atoms with E-state index in [4.69, 9.17) is 4.98 Å². The van der Waals surface area contributed by atoms with Crippen LogP contribution < -0.4 is 10.2 Å². The lowest BCUT2D eigenvalue weighted by Gasteiger charge is -2.35. The third-order valence-corrected chi connectivity index (χ3v) is 7.29. The number of piperazine rings is 1. The molecule has 33 heavy (non-hydrogen) atoms. The van der Waals surface area contributed by atoms with Crippen LogP contribution in [0.5, 0.6) is 0 Å². The Bertz CT molecular complexity index is 1230. The van der Waals surface area contributed by atoms with Crippen LogP contribution in [0, 0.1) is 0 Å². The smallest absolute Gasteiger partial charge is 0.182 e. The van der Waals surface area contributed by atoms with E-state index in [1.165, 1.54) is 11.3 Å². The van der Waals surface area contributed by atoms with Crippen LogP contribution in [-0.4, -0.2) is 53.1 Å². The van der Waals surface area contributed by atoms with Gasteiger partial charge in [0.25, 0.3) is 0 Å². The predicted octanol–water partition coefficient (Wildman–Crippen LogP) is 5.35. The van der Waals surface area contributed by atoms with E-state index in [0.29, 0.717) is 0 Å². The largest absolute Gasteiger partial charge is 0.367 e. The van der Waals surface area contributed by atoms with Crippen LogP contribution >= 0.6 is 11.3 Å². The zero-order chi connectivity index (χ0) is 23.0. The molecule has 0 unspecified atom stereocenters. The minimum Gasteiger partial charge on any atom is -0.367 e. The van der Waals surface area contributed by atoms with E-state index in [1.54, 1.807) is 11.3 Å². The zero-order valence-electron chi connectivity index (χ0n) is 19.9. The van der Waals surface area contributed by atoms with Crippen molar-refractivity contribution >= 4 is 33.2 Å². The van der Waals surface area contributed by atoms with E-state index in [-0.39, 0.29) is 5.41 Å². The summed E-state index contributed by atoms with van der Waals surface area (Å²) in [6.45, 7) is 11.7. The van der Waals surface area contributed by atoms with Crippen LogP contribution in [0.15, 0.2) is 47.8 Å². The molecule has 2 aromatic heterocycles. The summed E-state index contributed by atoms with van der Waals surface area (Å²) in [6.07, 6.45) is 0. The van der Waals surface area contributed by atoms with E-state index >= 15 is 0 Å². The normalized spacial score (nSPS) is 15.3. The summed E-state index contributed by atoms with van der Waals surface area (Å²) in [5, 5.41) is 6.26. The summed E-state index contributed by atoms with van der Waals surface area (Å²) >= 11 is 1.67. The first kappa shape index (κ1) is 21.9. The van der Waals surface area contributed by atoms with Gasteiger partial charge in [0, 0.05) is 50.7 Å². The number of hydrogen-bond donors (Lipinski definition) is 2. The monoisotopic (exact) mass is 460 g/mol. The molecule has 172 valence electrons. The number of nitrogens with one attached hydrogen (secondary N) is 2. The van der Waals surface area contributed by atoms with E-state index in [1.807, 2.05) is 7.05 Å². The molecule has 0 atom stereocenters. The van der Waals surface area contributed by atoms with Gasteiger partial charge >= 0.3 is 0 Å². The predicted molar refractivity (Wildman–Crippen MR) is 139 cm³/mol. The quantitative estimate of drug-likeness (QED) is 0.421. The Morgan fingerprint density at radius 3 is 2.42 bits per heavy atom. The summed E-state index contributed by atoms with van der Waals surface area (Å²) in [5.74, 6) is 0.931. The molecule has 3 heterocycles. The molecule has 1 aliphatic rings. The van der Waals surface area contributed by atoms with Gasteiger partial charge in [0.1, 0.15) is 5.82 Å². The number of para-hydroxylation sites is 1. The minimum absolute atomic E-state index is 0.149. The van der Waals surface area contributed by atoms with Crippen LogP contribution in [0.4, 0.5) is 10.8 Å². The van der Waals surface area contributed by atoms with Crippen molar-refractivity contribution in [3.63, 3.8) is 0 Å². The molecular weight excluding hydrogens is 428 g/mol. The van der Waals surface area contributed by atoms with E-state index in [2.05, 4.69) is 93.7 Å². The van der Waals surface area contributed by atoms with E-state index in [9.17, 15) is 0 Å². The molecule has 0 amide bonds. The highest BCUT2D eigenvalue weighted by molar-refractivity contribution is 7.13. The third-order valence-electron chi connectivity index (χ3n) is 6.38. The fourth-order valence-electron chi connectivity index (χ4n) is 4.42. The number of hydrogen-bond acceptors (Lipinski definition) is 6. The second-order valence-corrected chi connectivity index (χ2v) is 10.6. The van der Waals surface area contributed by atoms with Crippen LogP contribution in [0.3, 0.4) is 0 Å². The maximum atomic E-state index is 4.91. The lowest BCUT2D eigenvalue weighted by molar-refractivity contribution is 0.248. The molecule has 5 rings (SSSR count).